The van der Waals surface area contributed by atoms with E-state index in [1.165, 1.54) is 6.42 Å². The molecule has 0 aliphatic heterocycles. The third-order valence-electron chi connectivity index (χ3n) is 3.91. The number of thiazole rings is 1. The van der Waals surface area contributed by atoms with Crippen LogP contribution >= 0.6 is 11.3 Å². The first-order valence-electron chi connectivity index (χ1n) is 6.31. The normalized spacial score (nSPS) is 29.1. The number of carboxylic acid groups (broad SMARTS) is 1. The molecule has 0 aromatic carbocycles. The standard InChI is InChI=1S/C13H19NO2S/c1-2-9-3-4-11(13(15)16)10(7-9)8-12-14-5-6-17-12/h5-6,9-11H,2-4,7-8H2,1H3,(H,15,16). The van der Waals surface area contributed by atoms with Crippen molar-refractivity contribution in [3.05, 3.63) is 16.6 Å². The maximum atomic E-state index is 11.3. The lowest BCUT2D eigenvalue weighted by atomic mass is 9.72. The predicted octanol–water partition coefficient (Wildman–Crippen LogP) is 3.21. The summed E-state index contributed by atoms with van der Waals surface area (Å²) in [6.07, 6.45) is 6.76. The summed E-state index contributed by atoms with van der Waals surface area (Å²) < 4.78 is 0. The molecule has 1 aromatic rings. The van der Waals surface area contributed by atoms with E-state index in [2.05, 4.69) is 11.9 Å². The van der Waals surface area contributed by atoms with Crippen molar-refractivity contribution in [2.24, 2.45) is 17.8 Å². The van der Waals surface area contributed by atoms with Gasteiger partial charge < -0.3 is 5.11 Å². The van der Waals surface area contributed by atoms with Gasteiger partial charge in [0.25, 0.3) is 0 Å². The number of hydrogen-bond donors (Lipinski definition) is 1. The average molecular weight is 253 g/mol. The number of carboxylic acids is 1. The van der Waals surface area contributed by atoms with E-state index in [0.29, 0.717) is 5.92 Å². The number of nitrogens with zero attached hydrogens (tertiary/aromatic N) is 1. The van der Waals surface area contributed by atoms with Crippen molar-refractivity contribution in [3.63, 3.8) is 0 Å². The minimum Gasteiger partial charge on any atom is -0.481 e. The highest BCUT2D eigenvalue weighted by Crippen LogP contribution is 2.37. The molecular formula is C13H19NO2S. The van der Waals surface area contributed by atoms with Crippen molar-refractivity contribution in [2.75, 3.05) is 0 Å². The molecule has 0 bridgehead atoms. The molecule has 0 radical (unpaired) electrons. The molecule has 17 heavy (non-hydrogen) atoms. The Kier molecular flexibility index (Phi) is 4.15. The summed E-state index contributed by atoms with van der Waals surface area (Å²) in [5.74, 6) is 0.190. The third kappa shape index (κ3) is 3.06. The Hall–Kier alpha value is -0.900. The first-order chi connectivity index (χ1) is 8.20. The average Bonchev–Trinajstić information content (AvgIpc) is 2.81. The van der Waals surface area contributed by atoms with Crippen LogP contribution in [0.2, 0.25) is 0 Å². The fraction of sp³-hybridized carbons (Fsp3) is 0.692. The molecule has 3 atom stereocenters. The van der Waals surface area contributed by atoms with Crippen LogP contribution in [0.1, 0.15) is 37.6 Å². The van der Waals surface area contributed by atoms with Crippen LogP contribution in [0, 0.1) is 17.8 Å². The summed E-state index contributed by atoms with van der Waals surface area (Å²) in [5.41, 5.74) is 0. The third-order valence-corrected chi connectivity index (χ3v) is 4.71. The van der Waals surface area contributed by atoms with Crippen molar-refractivity contribution in [1.82, 2.24) is 4.98 Å². The van der Waals surface area contributed by atoms with Gasteiger partial charge in [-0.25, -0.2) is 4.98 Å². The van der Waals surface area contributed by atoms with Gasteiger partial charge in [0.2, 0.25) is 0 Å². The van der Waals surface area contributed by atoms with E-state index in [-0.39, 0.29) is 11.8 Å². The van der Waals surface area contributed by atoms with Crippen LogP contribution in [-0.2, 0) is 11.2 Å². The molecule has 1 fully saturated rings. The minimum atomic E-state index is -0.624. The molecule has 94 valence electrons. The zero-order valence-corrected chi connectivity index (χ0v) is 10.9. The van der Waals surface area contributed by atoms with Gasteiger partial charge in [0.05, 0.1) is 10.9 Å². The monoisotopic (exact) mass is 253 g/mol. The highest BCUT2D eigenvalue weighted by Gasteiger charge is 2.34. The summed E-state index contributed by atoms with van der Waals surface area (Å²) in [7, 11) is 0. The number of hydrogen-bond acceptors (Lipinski definition) is 3. The van der Waals surface area contributed by atoms with Crippen molar-refractivity contribution in [1.29, 1.82) is 0 Å². The lowest BCUT2D eigenvalue weighted by molar-refractivity contribution is -0.145. The summed E-state index contributed by atoms with van der Waals surface area (Å²) in [6, 6.07) is 0. The summed E-state index contributed by atoms with van der Waals surface area (Å²) >= 11 is 1.64. The summed E-state index contributed by atoms with van der Waals surface area (Å²) in [6.45, 7) is 2.20. The van der Waals surface area contributed by atoms with E-state index in [0.717, 1.165) is 30.7 Å². The minimum absolute atomic E-state index is 0.165. The number of carbonyl (C=O) groups is 1. The van der Waals surface area contributed by atoms with Gasteiger partial charge >= 0.3 is 5.97 Å². The van der Waals surface area contributed by atoms with E-state index < -0.39 is 5.97 Å². The Bertz CT molecular complexity index is 364. The molecule has 3 unspecified atom stereocenters. The van der Waals surface area contributed by atoms with Crippen LogP contribution in [-0.4, -0.2) is 16.1 Å². The second-order valence-electron chi connectivity index (χ2n) is 4.92. The van der Waals surface area contributed by atoms with Crippen molar-refractivity contribution < 1.29 is 9.90 Å². The van der Waals surface area contributed by atoms with Crippen LogP contribution in [0.5, 0.6) is 0 Å². The van der Waals surface area contributed by atoms with Crippen LogP contribution in [0.3, 0.4) is 0 Å². The first kappa shape index (κ1) is 12.6. The molecular weight excluding hydrogens is 234 g/mol. The van der Waals surface area contributed by atoms with E-state index in [4.69, 9.17) is 0 Å². The smallest absolute Gasteiger partial charge is 0.306 e. The van der Waals surface area contributed by atoms with Crippen molar-refractivity contribution in [2.45, 2.75) is 39.0 Å². The van der Waals surface area contributed by atoms with E-state index in [9.17, 15) is 9.90 Å². The van der Waals surface area contributed by atoms with Gasteiger partial charge in [-0.2, -0.15) is 0 Å². The molecule has 4 heteroatoms. The quantitative estimate of drug-likeness (QED) is 0.896. The van der Waals surface area contributed by atoms with E-state index in [1.54, 1.807) is 17.5 Å². The predicted molar refractivity (Wildman–Crippen MR) is 68.1 cm³/mol. The number of rotatable bonds is 4. The molecule has 1 N–H and O–H groups in total. The Morgan fingerprint density at radius 3 is 3.00 bits per heavy atom. The Morgan fingerprint density at radius 2 is 2.41 bits per heavy atom. The zero-order valence-electron chi connectivity index (χ0n) is 10.1. The van der Waals surface area contributed by atoms with Gasteiger partial charge in [-0.05, 0) is 31.1 Å². The summed E-state index contributed by atoms with van der Waals surface area (Å²) in [5, 5.41) is 12.3. The Balaban J connectivity index is 2.05. The van der Waals surface area contributed by atoms with Crippen molar-refractivity contribution in [3.8, 4) is 0 Å². The molecule has 1 aliphatic rings. The van der Waals surface area contributed by atoms with Gasteiger partial charge in [0.15, 0.2) is 0 Å². The molecule has 2 rings (SSSR count). The summed E-state index contributed by atoms with van der Waals surface area (Å²) in [4.78, 5) is 15.6. The van der Waals surface area contributed by atoms with Gasteiger partial charge in [-0.1, -0.05) is 13.3 Å². The van der Waals surface area contributed by atoms with Gasteiger partial charge in [-0.15, -0.1) is 11.3 Å². The Morgan fingerprint density at radius 1 is 1.59 bits per heavy atom. The molecule has 3 nitrogen and oxygen atoms in total. The number of aromatic nitrogens is 1. The van der Waals surface area contributed by atoms with E-state index >= 15 is 0 Å². The first-order valence-corrected chi connectivity index (χ1v) is 7.19. The largest absolute Gasteiger partial charge is 0.481 e. The fourth-order valence-electron chi connectivity index (χ4n) is 2.86. The SMILES string of the molecule is CCC1CCC(C(=O)O)C(Cc2nccs2)C1. The van der Waals surface area contributed by atoms with Crippen LogP contribution in [0.25, 0.3) is 0 Å². The van der Waals surface area contributed by atoms with Gasteiger partial charge in [0, 0.05) is 18.0 Å². The molecule has 1 heterocycles. The van der Waals surface area contributed by atoms with Crippen LogP contribution in [0.4, 0.5) is 0 Å². The molecule has 0 spiro atoms. The van der Waals surface area contributed by atoms with Crippen molar-refractivity contribution >= 4 is 17.3 Å². The molecule has 1 aliphatic carbocycles. The lowest BCUT2D eigenvalue weighted by Crippen LogP contribution is -2.31. The maximum absolute atomic E-state index is 11.3. The van der Waals surface area contributed by atoms with Crippen LogP contribution in [0.15, 0.2) is 11.6 Å². The molecule has 0 saturated heterocycles. The second-order valence-corrected chi connectivity index (χ2v) is 5.90. The highest BCUT2D eigenvalue weighted by molar-refractivity contribution is 7.09. The van der Waals surface area contributed by atoms with Crippen LogP contribution < -0.4 is 0 Å². The highest BCUT2D eigenvalue weighted by atomic mass is 32.1. The van der Waals surface area contributed by atoms with E-state index in [1.807, 2.05) is 5.38 Å². The molecule has 1 aromatic heterocycles. The lowest BCUT2D eigenvalue weighted by Gasteiger charge is -2.33. The fourth-order valence-corrected chi connectivity index (χ4v) is 3.57. The topological polar surface area (TPSA) is 50.2 Å². The van der Waals surface area contributed by atoms with Gasteiger partial charge in [-0.3, -0.25) is 4.79 Å². The molecule has 1 saturated carbocycles. The second kappa shape index (κ2) is 5.63. The maximum Gasteiger partial charge on any atom is 0.306 e. The van der Waals surface area contributed by atoms with Gasteiger partial charge in [0.1, 0.15) is 0 Å². The number of aliphatic carboxylic acids is 1. The Labute approximate surface area is 106 Å². The zero-order chi connectivity index (χ0) is 12.3. The molecule has 0 amide bonds.